The Balaban J connectivity index is 2.89. The van der Waals surface area contributed by atoms with Crippen LogP contribution in [0.4, 0.5) is 0 Å². The Kier molecular flexibility index (Phi) is 1.99. The van der Waals surface area contributed by atoms with E-state index in [9.17, 15) is 4.79 Å². The fourth-order valence-corrected chi connectivity index (χ4v) is 0.596. The highest BCUT2D eigenvalue weighted by Crippen LogP contribution is 1.90. The minimum Gasteiger partial charge on any atom is -0.312 e. The van der Waals surface area contributed by atoms with Gasteiger partial charge >= 0.3 is 5.69 Å². The molecule has 0 saturated carbocycles. The molecule has 3 nitrogen and oxygen atoms in total. The lowest BCUT2D eigenvalue weighted by Crippen LogP contribution is -2.09. The maximum absolute atomic E-state index is 10.4. The van der Waals surface area contributed by atoms with Crippen molar-refractivity contribution in [3.63, 3.8) is 0 Å². The predicted octanol–water partition coefficient (Wildman–Crippen LogP) is 0.299. The Labute approximate surface area is 58.4 Å². The van der Waals surface area contributed by atoms with Crippen molar-refractivity contribution in [3.8, 4) is 0 Å². The molecular weight excluding hydrogens is 128 g/mol. The number of hydrogen-bond acceptors (Lipinski definition) is 2. The highest BCUT2D eigenvalue weighted by Gasteiger charge is 1.88. The van der Waals surface area contributed by atoms with Gasteiger partial charge in [-0.25, -0.2) is 4.79 Å². The second kappa shape index (κ2) is 2.96. The summed E-state index contributed by atoms with van der Waals surface area (Å²) in [5.74, 6) is 0. The zero-order valence-electron chi connectivity index (χ0n) is 5.42. The molecule has 0 atom stereocenters. The third-order valence-corrected chi connectivity index (χ3v) is 1.04. The van der Waals surface area contributed by atoms with Crippen LogP contribution in [0.25, 0.3) is 0 Å². The summed E-state index contributed by atoms with van der Waals surface area (Å²) in [6.07, 6.45) is 6.57. The fourth-order valence-electron chi connectivity index (χ4n) is 0.596. The molecule has 1 heterocycles. The summed E-state index contributed by atoms with van der Waals surface area (Å²) >= 11 is 0. The maximum Gasteiger partial charge on any atom is 0.345 e. The summed E-state index contributed by atoms with van der Waals surface area (Å²) in [7, 11) is 0. The van der Waals surface area contributed by atoms with Crippen LogP contribution < -0.4 is 5.69 Å². The summed E-state index contributed by atoms with van der Waals surface area (Å²) in [5, 5.41) is 0. The lowest BCUT2D eigenvalue weighted by molar-refractivity contribution is 1.02. The Morgan fingerprint density at radius 3 is 3.20 bits per heavy atom. The second-order valence-electron chi connectivity index (χ2n) is 1.84. The number of hydrogen-bond donors (Lipinski definition) is 1. The first-order valence-electron chi connectivity index (χ1n) is 2.90. The van der Waals surface area contributed by atoms with E-state index >= 15 is 0 Å². The van der Waals surface area contributed by atoms with Gasteiger partial charge in [0.15, 0.2) is 0 Å². The van der Waals surface area contributed by atoms with Crippen LogP contribution in [0.15, 0.2) is 23.6 Å². The van der Waals surface area contributed by atoms with Crippen molar-refractivity contribution in [3.05, 3.63) is 41.1 Å². The van der Waals surface area contributed by atoms with E-state index < -0.39 is 0 Å². The molecule has 0 fully saturated rings. The van der Waals surface area contributed by atoms with Gasteiger partial charge in [0.05, 0.1) is 6.20 Å². The van der Waals surface area contributed by atoms with Gasteiger partial charge in [0.1, 0.15) is 0 Å². The fraction of sp³-hybridized carbons (Fsp3) is 0.143. The molecule has 0 unspecified atom stereocenters. The molecule has 1 rings (SSSR count). The Bertz CT molecular complexity index is 257. The van der Waals surface area contributed by atoms with Crippen LogP contribution in [-0.2, 0) is 6.42 Å². The smallest absolute Gasteiger partial charge is 0.312 e. The molecule has 0 bridgehead atoms. The molecule has 1 aromatic heterocycles. The number of aromatic nitrogens is 2. The first kappa shape index (κ1) is 6.74. The van der Waals surface area contributed by atoms with Crippen molar-refractivity contribution in [2.45, 2.75) is 6.42 Å². The zero-order valence-corrected chi connectivity index (χ0v) is 5.42. The highest BCUT2D eigenvalue weighted by molar-refractivity contribution is 5.04. The van der Waals surface area contributed by atoms with Gasteiger partial charge in [0, 0.05) is 11.8 Å². The van der Waals surface area contributed by atoms with E-state index in [-0.39, 0.29) is 5.69 Å². The van der Waals surface area contributed by atoms with Crippen molar-refractivity contribution in [1.29, 1.82) is 0 Å². The van der Waals surface area contributed by atoms with Gasteiger partial charge in [-0.1, -0.05) is 6.08 Å². The summed E-state index contributed by atoms with van der Waals surface area (Å²) in [4.78, 5) is 16.3. The molecule has 10 heavy (non-hydrogen) atoms. The van der Waals surface area contributed by atoms with E-state index in [2.05, 4.69) is 22.7 Å². The van der Waals surface area contributed by atoms with Crippen LogP contribution in [-0.4, -0.2) is 9.97 Å². The number of nitrogens with zero attached hydrogens (tertiary/aromatic N) is 1. The molecule has 0 aromatic carbocycles. The molecule has 1 aromatic rings. The molecule has 0 aliphatic heterocycles. The zero-order chi connectivity index (χ0) is 7.40. The van der Waals surface area contributed by atoms with Crippen molar-refractivity contribution in [2.75, 3.05) is 0 Å². The van der Waals surface area contributed by atoms with Crippen LogP contribution in [0, 0.1) is 6.20 Å². The molecule has 0 aliphatic rings. The van der Waals surface area contributed by atoms with Gasteiger partial charge < -0.3 is 4.98 Å². The van der Waals surface area contributed by atoms with E-state index in [0.717, 1.165) is 5.56 Å². The topological polar surface area (TPSA) is 45.8 Å². The third kappa shape index (κ3) is 1.55. The van der Waals surface area contributed by atoms with Crippen LogP contribution in [0.5, 0.6) is 0 Å². The second-order valence-corrected chi connectivity index (χ2v) is 1.84. The summed E-state index contributed by atoms with van der Waals surface area (Å²) < 4.78 is 0. The normalized spacial score (nSPS) is 9.20. The first-order chi connectivity index (χ1) is 4.83. The summed E-state index contributed by atoms with van der Waals surface area (Å²) in [6.45, 7) is 3.54. The van der Waals surface area contributed by atoms with Crippen molar-refractivity contribution >= 4 is 0 Å². The Morgan fingerprint density at radius 2 is 2.70 bits per heavy atom. The minimum absolute atomic E-state index is 0.368. The van der Waals surface area contributed by atoms with Gasteiger partial charge in [0.25, 0.3) is 0 Å². The van der Waals surface area contributed by atoms with Crippen molar-refractivity contribution in [2.24, 2.45) is 0 Å². The summed E-state index contributed by atoms with van der Waals surface area (Å²) in [6, 6.07) is 0. The van der Waals surface area contributed by atoms with Gasteiger partial charge in [-0.2, -0.15) is 4.98 Å². The van der Waals surface area contributed by atoms with Crippen LogP contribution in [0.3, 0.4) is 0 Å². The van der Waals surface area contributed by atoms with Gasteiger partial charge in [-0.3, -0.25) is 0 Å². The molecule has 0 amide bonds. The highest BCUT2D eigenvalue weighted by atomic mass is 16.1. The molecular formula is C7H7N2O. The van der Waals surface area contributed by atoms with E-state index in [1.807, 2.05) is 0 Å². The largest absolute Gasteiger partial charge is 0.345 e. The number of H-pyrrole nitrogens is 1. The van der Waals surface area contributed by atoms with Crippen molar-refractivity contribution in [1.82, 2.24) is 9.97 Å². The van der Waals surface area contributed by atoms with E-state index in [1.165, 1.54) is 0 Å². The maximum atomic E-state index is 10.4. The SMILES string of the molecule is C=CCc1[c]nc(=O)[nH]c1. The monoisotopic (exact) mass is 135 g/mol. The van der Waals surface area contributed by atoms with Gasteiger partial charge in [0.2, 0.25) is 0 Å². The molecule has 51 valence electrons. The van der Waals surface area contributed by atoms with E-state index in [0.29, 0.717) is 6.42 Å². The Hall–Kier alpha value is -1.38. The molecule has 3 heteroatoms. The lowest BCUT2D eigenvalue weighted by Gasteiger charge is -1.89. The molecule has 1 N–H and O–H groups in total. The number of rotatable bonds is 2. The quantitative estimate of drug-likeness (QED) is 0.593. The molecule has 0 saturated heterocycles. The van der Waals surface area contributed by atoms with E-state index in [4.69, 9.17) is 0 Å². The summed E-state index contributed by atoms with van der Waals surface area (Å²) in [5.41, 5.74) is 0.474. The van der Waals surface area contributed by atoms with Crippen LogP contribution >= 0.6 is 0 Å². The molecule has 1 radical (unpaired) electrons. The molecule has 0 aliphatic carbocycles. The van der Waals surface area contributed by atoms with Crippen molar-refractivity contribution < 1.29 is 0 Å². The van der Waals surface area contributed by atoms with Gasteiger partial charge in [-0.15, -0.1) is 6.58 Å². The van der Waals surface area contributed by atoms with Gasteiger partial charge in [-0.05, 0) is 6.42 Å². The van der Waals surface area contributed by atoms with E-state index in [1.54, 1.807) is 12.3 Å². The van der Waals surface area contributed by atoms with Crippen LogP contribution in [0.1, 0.15) is 5.56 Å². The lowest BCUT2D eigenvalue weighted by atomic mass is 10.2. The number of aromatic amines is 1. The average molecular weight is 135 g/mol. The third-order valence-electron chi connectivity index (χ3n) is 1.04. The number of allylic oxidation sites excluding steroid dienone is 1. The number of nitrogens with one attached hydrogen (secondary N) is 1. The standard InChI is InChI=1S/C7H7N2O/c1-2-3-6-4-8-7(10)9-5-6/h2,4H,1,3H2,(H,8,9,10). The predicted molar refractivity (Wildman–Crippen MR) is 37.6 cm³/mol. The Morgan fingerprint density at radius 1 is 1.90 bits per heavy atom. The molecule has 0 spiro atoms. The average Bonchev–Trinajstić information content (AvgIpc) is 1.95. The first-order valence-corrected chi connectivity index (χ1v) is 2.90. The minimum atomic E-state index is -0.368. The van der Waals surface area contributed by atoms with Crippen LogP contribution in [0.2, 0.25) is 0 Å².